The van der Waals surface area contributed by atoms with Crippen molar-refractivity contribution in [2.24, 2.45) is 0 Å². The summed E-state index contributed by atoms with van der Waals surface area (Å²) in [7, 11) is 0. The molecule has 2 aromatic rings. The summed E-state index contributed by atoms with van der Waals surface area (Å²) in [5.41, 5.74) is 3.12. The van der Waals surface area contributed by atoms with Gasteiger partial charge in [-0.15, -0.1) is 0 Å². The van der Waals surface area contributed by atoms with E-state index >= 15 is 0 Å². The van der Waals surface area contributed by atoms with Gasteiger partial charge in [0.05, 0.1) is 5.69 Å². The van der Waals surface area contributed by atoms with Gasteiger partial charge in [0.25, 0.3) is 11.8 Å². The van der Waals surface area contributed by atoms with E-state index < -0.39 is 17.6 Å². The average molecular weight is 282 g/mol. The van der Waals surface area contributed by atoms with Crippen LogP contribution in [0.3, 0.4) is 0 Å². The van der Waals surface area contributed by atoms with Gasteiger partial charge in [0, 0.05) is 5.56 Å². The number of rotatable bonds is 2. The molecule has 1 saturated heterocycles. The van der Waals surface area contributed by atoms with Gasteiger partial charge >= 0.3 is 0 Å². The highest BCUT2D eigenvalue weighted by Crippen LogP contribution is 2.21. The number of para-hydroxylation sites is 1. The Morgan fingerprint density at radius 1 is 0.952 bits per heavy atom. The van der Waals surface area contributed by atoms with Crippen LogP contribution in [0.1, 0.15) is 5.56 Å². The first kappa shape index (κ1) is 13.1. The van der Waals surface area contributed by atoms with Crippen molar-refractivity contribution >= 4 is 23.6 Å². The fourth-order valence-corrected chi connectivity index (χ4v) is 2.06. The van der Waals surface area contributed by atoms with E-state index in [0.717, 1.165) is 5.01 Å². The van der Waals surface area contributed by atoms with E-state index in [2.05, 4.69) is 5.43 Å². The molecule has 3 rings (SSSR count). The molecule has 0 bridgehead atoms. The highest BCUT2D eigenvalue weighted by atomic mass is 19.1. The van der Waals surface area contributed by atoms with Crippen LogP contribution in [0.15, 0.2) is 60.2 Å². The molecule has 0 spiro atoms. The lowest BCUT2D eigenvalue weighted by Crippen LogP contribution is -2.35. The zero-order valence-corrected chi connectivity index (χ0v) is 10.9. The van der Waals surface area contributed by atoms with Crippen LogP contribution in [0.2, 0.25) is 0 Å². The van der Waals surface area contributed by atoms with Crippen LogP contribution in [0, 0.1) is 5.82 Å². The third kappa shape index (κ3) is 2.41. The van der Waals surface area contributed by atoms with Crippen molar-refractivity contribution in [2.75, 3.05) is 5.01 Å². The number of hydrazine groups is 1. The number of carbonyl (C=O) groups excluding carboxylic acids is 2. The summed E-state index contributed by atoms with van der Waals surface area (Å²) in [6, 6.07) is 14.7. The molecule has 0 saturated carbocycles. The van der Waals surface area contributed by atoms with Crippen molar-refractivity contribution in [2.45, 2.75) is 0 Å². The number of hydrogen-bond donors (Lipinski definition) is 1. The lowest BCUT2D eigenvalue weighted by molar-refractivity contribution is -0.117. The quantitative estimate of drug-likeness (QED) is 0.678. The molecule has 1 aliphatic rings. The Kier molecular flexibility index (Phi) is 3.23. The summed E-state index contributed by atoms with van der Waals surface area (Å²) in [5, 5.41) is 1.15. The molecule has 0 unspecified atom stereocenters. The number of halogens is 1. The van der Waals surface area contributed by atoms with E-state index in [1.165, 1.54) is 18.2 Å². The number of hydrogen-bond acceptors (Lipinski definition) is 2. The minimum absolute atomic E-state index is 0.0936. The van der Waals surface area contributed by atoms with Gasteiger partial charge in [-0.3, -0.25) is 15.0 Å². The van der Waals surface area contributed by atoms with Crippen LogP contribution in [-0.2, 0) is 9.59 Å². The van der Waals surface area contributed by atoms with Crippen molar-refractivity contribution < 1.29 is 14.0 Å². The maximum atomic E-state index is 13.6. The molecule has 1 heterocycles. The summed E-state index contributed by atoms with van der Waals surface area (Å²) in [6.07, 6.45) is 1.26. The molecule has 0 aromatic heterocycles. The molecule has 4 nitrogen and oxygen atoms in total. The fourth-order valence-electron chi connectivity index (χ4n) is 2.06. The van der Waals surface area contributed by atoms with E-state index in [1.54, 1.807) is 36.4 Å². The standard InChI is InChI=1S/C16H11FN2O2/c17-14-9-5-4-6-11(14)10-13-15(20)18-19(16(13)21)12-7-2-1-3-8-12/h1-10H,(H,18,20). The van der Waals surface area contributed by atoms with Crippen LogP contribution in [-0.4, -0.2) is 11.8 Å². The first-order chi connectivity index (χ1) is 10.2. The molecule has 21 heavy (non-hydrogen) atoms. The Bertz CT molecular complexity index is 741. The van der Waals surface area contributed by atoms with Gasteiger partial charge in [-0.1, -0.05) is 36.4 Å². The average Bonchev–Trinajstić information content (AvgIpc) is 2.78. The van der Waals surface area contributed by atoms with Gasteiger partial charge in [-0.25, -0.2) is 9.40 Å². The zero-order valence-electron chi connectivity index (χ0n) is 10.9. The van der Waals surface area contributed by atoms with Crippen LogP contribution in [0.5, 0.6) is 0 Å². The molecule has 1 fully saturated rings. The number of nitrogens with one attached hydrogen (secondary N) is 1. The maximum Gasteiger partial charge on any atom is 0.282 e. The Morgan fingerprint density at radius 2 is 1.62 bits per heavy atom. The summed E-state index contributed by atoms with van der Waals surface area (Å²) in [6.45, 7) is 0. The Labute approximate surface area is 120 Å². The molecule has 2 amide bonds. The van der Waals surface area contributed by atoms with E-state index in [4.69, 9.17) is 0 Å². The van der Waals surface area contributed by atoms with Crippen molar-refractivity contribution in [3.05, 3.63) is 71.6 Å². The van der Waals surface area contributed by atoms with E-state index in [0.29, 0.717) is 5.69 Å². The number of nitrogens with zero attached hydrogens (tertiary/aromatic N) is 1. The normalized spacial score (nSPS) is 16.4. The molecule has 1 N–H and O–H groups in total. The minimum atomic E-state index is -0.549. The molecule has 0 radical (unpaired) electrons. The molecular weight excluding hydrogens is 271 g/mol. The molecule has 0 aliphatic carbocycles. The van der Waals surface area contributed by atoms with Crippen LogP contribution < -0.4 is 10.4 Å². The molecule has 0 atom stereocenters. The Balaban J connectivity index is 1.97. The molecule has 104 valence electrons. The van der Waals surface area contributed by atoms with Gasteiger partial charge in [-0.2, -0.15) is 0 Å². The third-order valence-corrected chi connectivity index (χ3v) is 3.11. The van der Waals surface area contributed by atoms with Crippen LogP contribution >= 0.6 is 0 Å². The van der Waals surface area contributed by atoms with Crippen molar-refractivity contribution in [3.63, 3.8) is 0 Å². The SMILES string of the molecule is O=C1NN(c2ccccc2)C(=O)C1=Cc1ccccc1F. The summed E-state index contributed by atoms with van der Waals surface area (Å²) in [5.74, 6) is -1.54. The largest absolute Gasteiger partial charge is 0.282 e. The van der Waals surface area contributed by atoms with E-state index in [-0.39, 0.29) is 11.1 Å². The Morgan fingerprint density at radius 3 is 2.33 bits per heavy atom. The lowest BCUT2D eigenvalue weighted by atomic mass is 10.1. The predicted octanol–water partition coefficient (Wildman–Crippen LogP) is 2.29. The molecule has 1 aliphatic heterocycles. The van der Waals surface area contributed by atoms with Gasteiger partial charge in [0.1, 0.15) is 11.4 Å². The van der Waals surface area contributed by atoms with Crippen LogP contribution in [0.25, 0.3) is 6.08 Å². The second-order valence-electron chi connectivity index (χ2n) is 4.50. The monoisotopic (exact) mass is 282 g/mol. The fraction of sp³-hybridized carbons (Fsp3) is 0. The van der Waals surface area contributed by atoms with E-state index in [1.807, 2.05) is 6.07 Å². The molecular formula is C16H11FN2O2. The van der Waals surface area contributed by atoms with Crippen molar-refractivity contribution in [3.8, 4) is 0 Å². The summed E-state index contributed by atoms with van der Waals surface area (Å²) >= 11 is 0. The summed E-state index contributed by atoms with van der Waals surface area (Å²) in [4.78, 5) is 24.2. The minimum Gasteiger partial charge on any atom is -0.267 e. The van der Waals surface area contributed by atoms with Gasteiger partial charge < -0.3 is 0 Å². The smallest absolute Gasteiger partial charge is 0.267 e. The Hall–Kier alpha value is -2.95. The van der Waals surface area contributed by atoms with Crippen molar-refractivity contribution in [1.82, 2.24) is 5.43 Å². The maximum absolute atomic E-state index is 13.6. The van der Waals surface area contributed by atoms with Gasteiger partial charge in [0.15, 0.2) is 0 Å². The van der Waals surface area contributed by atoms with Gasteiger partial charge in [-0.05, 0) is 24.3 Å². The number of amides is 2. The zero-order chi connectivity index (χ0) is 14.8. The predicted molar refractivity (Wildman–Crippen MR) is 76.4 cm³/mol. The molecule has 5 heteroatoms. The first-order valence-electron chi connectivity index (χ1n) is 6.33. The molecule has 2 aromatic carbocycles. The first-order valence-corrected chi connectivity index (χ1v) is 6.33. The number of benzene rings is 2. The third-order valence-electron chi connectivity index (χ3n) is 3.11. The topological polar surface area (TPSA) is 49.4 Å². The number of carbonyl (C=O) groups is 2. The van der Waals surface area contributed by atoms with Gasteiger partial charge in [0.2, 0.25) is 0 Å². The lowest BCUT2D eigenvalue weighted by Gasteiger charge is -2.13. The number of anilines is 1. The second kappa shape index (κ2) is 5.20. The van der Waals surface area contributed by atoms with Crippen LogP contribution in [0.4, 0.5) is 10.1 Å². The van der Waals surface area contributed by atoms with E-state index in [9.17, 15) is 14.0 Å². The highest BCUT2D eigenvalue weighted by molar-refractivity contribution is 6.31. The highest BCUT2D eigenvalue weighted by Gasteiger charge is 2.34. The summed E-state index contributed by atoms with van der Waals surface area (Å²) < 4.78 is 13.6. The van der Waals surface area contributed by atoms with Crippen molar-refractivity contribution in [1.29, 1.82) is 0 Å². The second-order valence-corrected chi connectivity index (χ2v) is 4.50.